The van der Waals surface area contributed by atoms with Crippen LogP contribution in [0.5, 0.6) is 0 Å². The predicted molar refractivity (Wildman–Crippen MR) is 107 cm³/mol. The second kappa shape index (κ2) is 9.11. The third-order valence-electron chi connectivity index (χ3n) is 6.11. The second-order valence-electron chi connectivity index (χ2n) is 8.06. The van der Waals surface area contributed by atoms with Gasteiger partial charge in [0.1, 0.15) is 5.82 Å². The lowest BCUT2D eigenvalue weighted by Gasteiger charge is -2.39. The molecule has 2 aliphatic rings. The van der Waals surface area contributed by atoms with Crippen molar-refractivity contribution in [1.29, 1.82) is 0 Å². The maximum atomic E-state index is 13.7. The van der Waals surface area contributed by atoms with E-state index in [9.17, 15) is 18.8 Å². The Morgan fingerprint density at radius 3 is 2.79 bits per heavy atom. The zero-order valence-corrected chi connectivity index (χ0v) is 17.4. The molecule has 29 heavy (non-hydrogen) atoms. The van der Waals surface area contributed by atoms with E-state index in [0.717, 1.165) is 25.3 Å². The summed E-state index contributed by atoms with van der Waals surface area (Å²) >= 11 is 5.67. The molecule has 0 aromatic heterocycles. The summed E-state index contributed by atoms with van der Waals surface area (Å²) in [6, 6.07) is 4.00. The van der Waals surface area contributed by atoms with Crippen LogP contribution < -0.4 is 5.32 Å². The monoisotopic (exact) mass is 424 g/mol. The number of anilines is 1. The summed E-state index contributed by atoms with van der Waals surface area (Å²) in [5.74, 6) is -1.59. The van der Waals surface area contributed by atoms with Crippen LogP contribution in [-0.2, 0) is 19.1 Å². The topological polar surface area (TPSA) is 75.7 Å². The number of amides is 2. The number of esters is 1. The molecule has 6 nitrogen and oxygen atoms in total. The number of carbonyl (C=O) groups excluding carboxylic acids is 3. The van der Waals surface area contributed by atoms with E-state index < -0.39 is 30.2 Å². The Kier molecular flexibility index (Phi) is 6.77. The van der Waals surface area contributed by atoms with Crippen molar-refractivity contribution >= 4 is 35.1 Å². The minimum absolute atomic E-state index is 0.0365. The molecule has 1 aromatic rings. The van der Waals surface area contributed by atoms with Gasteiger partial charge in [-0.05, 0) is 36.5 Å². The lowest BCUT2D eigenvalue weighted by atomic mass is 9.77. The first-order valence-corrected chi connectivity index (χ1v) is 10.3. The highest BCUT2D eigenvalue weighted by Crippen LogP contribution is 2.35. The molecule has 1 N–H and O–H groups in total. The lowest BCUT2D eigenvalue weighted by Crippen LogP contribution is -2.45. The molecule has 1 aliphatic carbocycles. The Labute approximate surface area is 174 Å². The number of hydrogen-bond acceptors (Lipinski definition) is 4. The molecule has 8 heteroatoms. The molecule has 4 atom stereocenters. The normalized spacial score (nSPS) is 27.0. The molecule has 1 saturated carbocycles. The van der Waals surface area contributed by atoms with E-state index in [1.54, 1.807) is 0 Å². The molecule has 1 aromatic carbocycles. The van der Waals surface area contributed by atoms with Crippen molar-refractivity contribution < 1.29 is 23.5 Å². The molecule has 0 radical (unpaired) electrons. The van der Waals surface area contributed by atoms with Crippen molar-refractivity contribution in [1.82, 2.24) is 4.90 Å². The zero-order chi connectivity index (χ0) is 21.1. The summed E-state index contributed by atoms with van der Waals surface area (Å²) in [7, 11) is 0. The van der Waals surface area contributed by atoms with Gasteiger partial charge in [0.25, 0.3) is 5.91 Å². The van der Waals surface area contributed by atoms with Gasteiger partial charge in [0.2, 0.25) is 5.91 Å². The number of carbonyl (C=O) groups is 3. The summed E-state index contributed by atoms with van der Waals surface area (Å²) in [5, 5.41) is 2.55. The minimum Gasteiger partial charge on any atom is -0.455 e. The van der Waals surface area contributed by atoms with Crippen LogP contribution in [0.15, 0.2) is 18.2 Å². The zero-order valence-electron chi connectivity index (χ0n) is 16.6. The molecule has 0 unspecified atom stereocenters. The molecule has 0 spiro atoms. The second-order valence-corrected chi connectivity index (χ2v) is 8.50. The number of nitrogens with zero attached hydrogens (tertiary/aromatic N) is 1. The van der Waals surface area contributed by atoms with Crippen LogP contribution in [0.1, 0.15) is 39.5 Å². The third kappa shape index (κ3) is 5.07. The van der Waals surface area contributed by atoms with Crippen LogP contribution in [0.4, 0.5) is 10.1 Å². The van der Waals surface area contributed by atoms with Gasteiger partial charge in [0.15, 0.2) is 6.61 Å². The van der Waals surface area contributed by atoms with Gasteiger partial charge in [0.05, 0.1) is 11.6 Å². The third-order valence-corrected chi connectivity index (χ3v) is 6.34. The summed E-state index contributed by atoms with van der Waals surface area (Å²) in [5.41, 5.74) is -0.0434. The molecule has 1 heterocycles. The molecule has 2 fully saturated rings. The quantitative estimate of drug-likeness (QED) is 0.732. The molecular formula is C21H26ClFN2O4. The number of hydrogen-bond donors (Lipinski definition) is 1. The number of likely N-dealkylation sites (tertiary alicyclic amines) is 1. The highest BCUT2D eigenvalue weighted by molar-refractivity contribution is 6.30. The average Bonchev–Trinajstić information content (AvgIpc) is 3.06. The average molecular weight is 425 g/mol. The molecule has 158 valence electrons. The van der Waals surface area contributed by atoms with Crippen molar-refractivity contribution in [3.8, 4) is 0 Å². The highest BCUT2D eigenvalue weighted by Gasteiger charge is 2.42. The summed E-state index contributed by atoms with van der Waals surface area (Å²) in [4.78, 5) is 38.6. The summed E-state index contributed by atoms with van der Waals surface area (Å²) in [6.07, 6.45) is 3.29. The highest BCUT2D eigenvalue weighted by atomic mass is 35.5. The summed E-state index contributed by atoms with van der Waals surface area (Å²) in [6.45, 7) is 4.15. The maximum Gasteiger partial charge on any atom is 0.311 e. The van der Waals surface area contributed by atoms with Crippen LogP contribution >= 0.6 is 11.6 Å². The Morgan fingerprint density at radius 2 is 2.07 bits per heavy atom. The Hall–Kier alpha value is -2.15. The van der Waals surface area contributed by atoms with E-state index in [-0.39, 0.29) is 29.1 Å². The van der Waals surface area contributed by atoms with Crippen molar-refractivity contribution in [3.63, 3.8) is 0 Å². The molecule has 1 saturated heterocycles. The number of ether oxygens (including phenoxy) is 1. The van der Waals surface area contributed by atoms with Crippen molar-refractivity contribution in [3.05, 3.63) is 29.0 Å². The van der Waals surface area contributed by atoms with Crippen LogP contribution in [0, 0.1) is 23.6 Å². The SMILES string of the molecule is C[C@@H]1[C@@H](C)CCC[C@@H]1N1C[C@H](C(=O)OCC(=O)Nc2ccc(Cl)cc2F)CC1=O. The Bertz CT molecular complexity index is 803. The van der Waals surface area contributed by atoms with E-state index in [4.69, 9.17) is 16.3 Å². The van der Waals surface area contributed by atoms with Crippen LogP contribution in [0.3, 0.4) is 0 Å². The fourth-order valence-electron chi connectivity index (χ4n) is 4.24. The van der Waals surface area contributed by atoms with Crippen LogP contribution in [-0.4, -0.2) is 41.9 Å². The van der Waals surface area contributed by atoms with Gasteiger partial charge in [-0.2, -0.15) is 0 Å². The van der Waals surface area contributed by atoms with Gasteiger partial charge in [0, 0.05) is 24.0 Å². The number of rotatable bonds is 5. The molecule has 3 rings (SSSR count). The van der Waals surface area contributed by atoms with E-state index in [1.165, 1.54) is 12.1 Å². The number of halogens is 2. The van der Waals surface area contributed by atoms with Gasteiger partial charge in [-0.1, -0.05) is 38.3 Å². The number of nitrogens with one attached hydrogen (secondary N) is 1. The first-order valence-electron chi connectivity index (χ1n) is 9.97. The van der Waals surface area contributed by atoms with E-state index in [2.05, 4.69) is 19.2 Å². The smallest absolute Gasteiger partial charge is 0.311 e. The summed E-state index contributed by atoms with van der Waals surface area (Å²) < 4.78 is 18.8. The molecular weight excluding hydrogens is 399 g/mol. The first kappa shape index (κ1) is 21.6. The van der Waals surface area contributed by atoms with Crippen LogP contribution in [0.2, 0.25) is 5.02 Å². The fraction of sp³-hybridized carbons (Fsp3) is 0.571. The molecule has 2 amide bonds. The van der Waals surface area contributed by atoms with Crippen molar-refractivity contribution in [2.75, 3.05) is 18.5 Å². The van der Waals surface area contributed by atoms with Crippen molar-refractivity contribution in [2.24, 2.45) is 17.8 Å². The Balaban J connectivity index is 1.51. The first-order chi connectivity index (χ1) is 13.8. The molecule has 1 aliphatic heterocycles. The van der Waals surface area contributed by atoms with Crippen LogP contribution in [0.25, 0.3) is 0 Å². The van der Waals surface area contributed by atoms with Gasteiger partial charge in [-0.25, -0.2) is 4.39 Å². The van der Waals surface area contributed by atoms with Gasteiger partial charge in [-0.3, -0.25) is 14.4 Å². The van der Waals surface area contributed by atoms with E-state index >= 15 is 0 Å². The predicted octanol–water partition coefficient (Wildman–Crippen LogP) is 3.63. The van der Waals surface area contributed by atoms with Gasteiger partial charge < -0.3 is 15.0 Å². The maximum absolute atomic E-state index is 13.7. The lowest BCUT2D eigenvalue weighted by molar-refractivity contribution is -0.151. The van der Waals surface area contributed by atoms with E-state index in [1.807, 2.05) is 4.90 Å². The fourth-order valence-corrected chi connectivity index (χ4v) is 4.39. The molecule has 0 bridgehead atoms. The Morgan fingerprint density at radius 1 is 1.31 bits per heavy atom. The van der Waals surface area contributed by atoms with E-state index in [0.29, 0.717) is 18.4 Å². The number of benzene rings is 1. The van der Waals surface area contributed by atoms with Gasteiger partial charge >= 0.3 is 5.97 Å². The largest absolute Gasteiger partial charge is 0.455 e. The van der Waals surface area contributed by atoms with Crippen molar-refractivity contribution in [2.45, 2.75) is 45.6 Å². The minimum atomic E-state index is -0.676. The van der Waals surface area contributed by atoms with Gasteiger partial charge in [-0.15, -0.1) is 0 Å². The standard InChI is InChI=1S/C21H26ClFN2O4/c1-12-4-3-5-18(13(12)2)25-10-14(8-20(25)27)21(28)29-11-19(26)24-17-7-6-15(22)9-16(17)23/h6-7,9,12-14,18H,3-5,8,10-11H2,1-2H3,(H,24,26)/t12-,13+,14+,18-/m0/s1.